The second-order valence-electron chi connectivity index (χ2n) is 9.22. The number of esters is 1. The van der Waals surface area contributed by atoms with Gasteiger partial charge in [0.1, 0.15) is 18.1 Å². The molecule has 0 saturated carbocycles. The van der Waals surface area contributed by atoms with Crippen LogP contribution in [0.4, 0.5) is 10.5 Å². The summed E-state index contributed by atoms with van der Waals surface area (Å²) in [5, 5.41) is 11.8. The fraction of sp³-hybridized carbons (Fsp3) is 0.214. The molecule has 12 heteroatoms. The summed E-state index contributed by atoms with van der Waals surface area (Å²) in [7, 11) is 1.59. The fourth-order valence-electron chi connectivity index (χ4n) is 5.17. The molecule has 2 aliphatic rings. The van der Waals surface area contributed by atoms with Gasteiger partial charge in [-0.1, -0.05) is 6.92 Å². The Morgan fingerprint density at radius 1 is 1.12 bits per heavy atom. The van der Waals surface area contributed by atoms with Crippen LogP contribution >= 0.6 is 0 Å². The smallest absolute Gasteiger partial charge is 0.497 e. The lowest BCUT2D eigenvalue weighted by Gasteiger charge is -2.24. The molecule has 4 heterocycles. The van der Waals surface area contributed by atoms with Gasteiger partial charge in [-0.05, 0) is 48.4 Å². The topological polar surface area (TPSA) is 149 Å². The Morgan fingerprint density at radius 3 is 2.58 bits per heavy atom. The van der Waals surface area contributed by atoms with Crippen LogP contribution < -0.4 is 15.0 Å². The highest BCUT2D eigenvalue weighted by Crippen LogP contribution is 2.39. The molecule has 0 unspecified atom stereocenters. The van der Waals surface area contributed by atoms with Crippen molar-refractivity contribution in [1.29, 1.82) is 0 Å². The average molecular weight is 543 g/mol. The molecule has 0 N–H and O–H groups in total. The lowest BCUT2D eigenvalue weighted by Crippen LogP contribution is -2.34. The lowest BCUT2D eigenvalue weighted by molar-refractivity contribution is -0.384. The predicted octanol–water partition coefficient (Wildman–Crippen LogP) is 4.22. The number of nitro groups is 1. The van der Waals surface area contributed by atoms with Gasteiger partial charge in [0.15, 0.2) is 0 Å². The van der Waals surface area contributed by atoms with Crippen molar-refractivity contribution in [3.8, 4) is 22.9 Å². The van der Waals surface area contributed by atoms with Crippen LogP contribution in [0.2, 0.25) is 0 Å². The maximum Gasteiger partial charge on any atom is 0.515 e. The molecule has 0 amide bonds. The average Bonchev–Trinajstić information content (AvgIpc) is 3.31. The van der Waals surface area contributed by atoms with Crippen molar-refractivity contribution in [2.24, 2.45) is 0 Å². The number of nitrogens with zero attached hydrogens (tertiary/aromatic N) is 3. The van der Waals surface area contributed by atoms with Crippen LogP contribution in [-0.2, 0) is 33.8 Å². The molecule has 0 bridgehead atoms. The molecule has 2 aromatic heterocycles. The Labute approximate surface area is 225 Å². The summed E-state index contributed by atoms with van der Waals surface area (Å²) < 4.78 is 22.5. The van der Waals surface area contributed by atoms with Gasteiger partial charge in [0.2, 0.25) is 6.10 Å². The first-order valence-electron chi connectivity index (χ1n) is 12.3. The molecular formula is C28H21N3O9. The Kier molecular flexibility index (Phi) is 5.94. The Morgan fingerprint density at radius 2 is 1.88 bits per heavy atom. The molecule has 202 valence electrons. The second-order valence-corrected chi connectivity index (χ2v) is 9.22. The normalized spacial score (nSPS) is 15.1. The maximum atomic E-state index is 13.6. The number of benzene rings is 2. The number of methoxy groups -OCH3 is 1. The molecule has 2 aliphatic heterocycles. The van der Waals surface area contributed by atoms with Gasteiger partial charge in [-0.3, -0.25) is 14.9 Å². The van der Waals surface area contributed by atoms with E-state index in [1.807, 2.05) is 25.1 Å². The number of nitro benzene ring substituents is 1. The van der Waals surface area contributed by atoms with E-state index in [1.165, 1.54) is 12.1 Å². The number of pyridine rings is 2. The van der Waals surface area contributed by atoms with E-state index in [-0.39, 0.29) is 34.7 Å². The zero-order valence-corrected chi connectivity index (χ0v) is 21.3. The Hall–Kier alpha value is -5.26. The Bertz CT molecular complexity index is 1790. The molecule has 2 aromatic carbocycles. The minimum atomic E-state index is -1.55. The molecule has 12 nitrogen and oxygen atoms in total. The number of rotatable bonds is 5. The standard InChI is InChI=1S/C28H21N3O9/c1-3-17-18-10-16(37-2)8-9-22(18)29-24-20(17)12-30-23(24)11-19-21(26(30)32)13-38-27(33)25(19)40-28(34)39-15-6-4-14(5-7-15)31(35)36/h4-11,25H,3,12-13H2,1-2H3/t25-/m0/s1. The van der Waals surface area contributed by atoms with Crippen molar-refractivity contribution in [2.45, 2.75) is 32.6 Å². The molecule has 0 saturated heterocycles. The van der Waals surface area contributed by atoms with Crippen LogP contribution in [0, 0.1) is 10.1 Å². The van der Waals surface area contributed by atoms with Crippen molar-refractivity contribution < 1.29 is 33.5 Å². The third kappa shape index (κ3) is 4.01. The summed E-state index contributed by atoms with van der Waals surface area (Å²) >= 11 is 0. The van der Waals surface area contributed by atoms with Gasteiger partial charge < -0.3 is 23.5 Å². The summed E-state index contributed by atoms with van der Waals surface area (Å²) in [5.74, 6) is -0.186. The van der Waals surface area contributed by atoms with Crippen molar-refractivity contribution >= 4 is 28.7 Å². The zero-order chi connectivity index (χ0) is 28.1. The minimum Gasteiger partial charge on any atom is -0.497 e. The van der Waals surface area contributed by atoms with Crippen LogP contribution in [0.5, 0.6) is 11.5 Å². The van der Waals surface area contributed by atoms with Crippen LogP contribution in [-0.4, -0.2) is 33.7 Å². The fourth-order valence-corrected chi connectivity index (χ4v) is 5.17. The van der Waals surface area contributed by atoms with Gasteiger partial charge in [0, 0.05) is 28.6 Å². The number of aromatic nitrogens is 2. The lowest BCUT2D eigenvalue weighted by atomic mass is 9.97. The van der Waals surface area contributed by atoms with E-state index < -0.39 is 23.2 Å². The number of hydrogen-bond acceptors (Lipinski definition) is 10. The Balaban J connectivity index is 1.38. The van der Waals surface area contributed by atoms with Gasteiger partial charge in [-0.25, -0.2) is 14.6 Å². The van der Waals surface area contributed by atoms with Crippen molar-refractivity contribution in [2.75, 3.05) is 7.11 Å². The molecule has 0 aliphatic carbocycles. The van der Waals surface area contributed by atoms with Gasteiger partial charge in [0.05, 0.1) is 41.0 Å². The molecule has 6 rings (SSSR count). The SMILES string of the molecule is CCc1c2c(nc3ccc(OC)cc13)-c1cc3c(c(=O)n1C2)COC(=O)[C@H]3OC(=O)Oc1ccc([N+](=O)[O-])cc1. The van der Waals surface area contributed by atoms with E-state index in [0.29, 0.717) is 30.1 Å². The largest absolute Gasteiger partial charge is 0.515 e. The summed E-state index contributed by atoms with van der Waals surface area (Å²) in [6.45, 7) is 2.05. The minimum absolute atomic E-state index is 0.0252. The molecule has 0 fully saturated rings. The summed E-state index contributed by atoms with van der Waals surface area (Å²) in [6.07, 6.45) is -2.10. The molecule has 40 heavy (non-hydrogen) atoms. The molecule has 4 aromatic rings. The first-order chi connectivity index (χ1) is 19.3. The van der Waals surface area contributed by atoms with Crippen LogP contribution in [0.25, 0.3) is 22.3 Å². The van der Waals surface area contributed by atoms with Crippen LogP contribution in [0.15, 0.2) is 53.3 Å². The van der Waals surface area contributed by atoms with E-state index in [9.17, 15) is 24.5 Å². The molecule has 0 spiro atoms. The third-order valence-electron chi connectivity index (χ3n) is 7.08. The quantitative estimate of drug-likeness (QED) is 0.136. The van der Waals surface area contributed by atoms with Gasteiger partial charge in [0.25, 0.3) is 11.2 Å². The molecular weight excluding hydrogens is 522 g/mol. The van der Waals surface area contributed by atoms with E-state index in [0.717, 1.165) is 34.2 Å². The monoisotopic (exact) mass is 543 g/mol. The van der Waals surface area contributed by atoms with Gasteiger partial charge >= 0.3 is 12.1 Å². The third-order valence-corrected chi connectivity index (χ3v) is 7.08. The van der Waals surface area contributed by atoms with Crippen molar-refractivity contribution in [3.05, 3.63) is 91.3 Å². The number of hydrogen-bond donors (Lipinski definition) is 0. The number of ether oxygens (including phenoxy) is 4. The number of fused-ring (bicyclic) bond motifs is 5. The van der Waals surface area contributed by atoms with Gasteiger partial charge in [-0.2, -0.15) is 0 Å². The van der Waals surface area contributed by atoms with Crippen molar-refractivity contribution in [3.63, 3.8) is 0 Å². The first kappa shape index (κ1) is 25.0. The number of carbonyl (C=O) groups excluding carboxylic acids is 2. The molecule has 0 radical (unpaired) electrons. The number of non-ortho nitro benzene ring substituents is 1. The highest BCUT2D eigenvalue weighted by molar-refractivity contribution is 5.89. The van der Waals surface area contributed by atoms with E-state index >= 15 is 0 Å². The summed E-state index contributed by atoms with van der Waals surface area (Å²) in [4.78, 5) is 53.9. The van der Waals surface area contributed by atoms with Gasteiger partial charge in [-0.15, -0.1) is 0 Å². The number of carbonyl (C=O) groups is 2. The molecule has 1 atom stereocenters. The second kappa shape index (κ2) is 9.49. The highest BCUT2D eigenvalue weighted by Gasteiger charge is 2.38. The van der Waals surface area contributed by atoms with E-state index in [2.05, 4.69) is 0 Å². The van der Waals surface area contributed by atoms with Crippen molar-refractivity contribution in [1.82, 2.24) is 9.55 Å². The number of cyclic esters (lactones) is 1. The highest BCUT2D eigenvalue weighted by atomic mass is 16.7. The van der Waals surface area contributed by atoms with E-state index in [1.54, 1.807) is 17.7 Å². The predicted molar refractivity (Wildman–Crippen MR) is 139 cm³/mol. The van der Waals surface area contributed by atoms with E-state index in [4.69, 9.17) is 23.9 Å². The first-order valence-corrected chi connectivity index (χ1v) is 12.3. The maximum absolute atomic E-state index is 13.6. The zero-order valence-electron chi connectivity index (χ0n) is 21.3. The van der Waals surface area contributed by atoms with Crippen LogP contribution in [0.3, 0.4) is 0 Å². The summed E-state index contributed by atoms with van der Waals surface area (Å²) in [5.41, 5.74) is 3.58. The van der Waals surface area contributed by atoms with Crippen LogP contribution in [0.1, 0.15) is 35.3 Å². The summed E-state index contributed by atoms with van der Waals surface area (Å²) in [6, 6.07) is 12.0. The number of aryl methyl sites for hydroxylation is 1.